The van der Waals surface area contributed by atoms with Crippen LogP contribution in [0.4, 0.5) is 4.39 Å². The largest absolute Gasteiger partial charge is 0.506 e. The molecule has 0 fully saturated rings. The molecule has 0 amide bonds. The summed E-state index contributed by atoms with van der Waals surface area (Å²) in [7, 11) is 0. The summed E-state index contributed by atoms with van der Waals surface area (Å²) in [6.07, 6.45) is 0.565. The molecule has 226 valence electrons. The van der Waals surface area contributed by atoms with Crippen LogP contribution in [0.1, 0.15) is 95.0 Å². The first-order valence-corrected chi connectivity index (χ1v) is 14.2. The van der Waals surface area contributed by atoms with Gasteiger partial charge in [-0.15, -0.1) is 0 Å². The summed E-state index contributed by atoms with van der Waals surface area (Å²) < 4.78 is 32.4. The van der Waals surface area contributed by atoms with E-state index in [1.54, 1.807) is 34.6 Å². The molecule has 3 aromatic rings. The molecule has 1 aliphatic carbocycles. The maximum absolute atomic E-state index is 15.9. The zero-order valence-corrected chi connectivity index (χ0v) is 26.5. The van der Waals surface area contributed by atoms with Crippen molar-refractivity contribution in [2.45, 2.75) is 68.2 Å². The van der Waals surface area contributed by atoms with Crippen molar-refractivity contribution >= 4 is 39.8 Å². The van der Waals surface area contributed by atoms with Gasteiger partial charge in [0.25, 0.3) is 0 Å². The topological polar surface area (TPSA) is 136 Å². The Morgan fingerprint density at radius 3 is 1.84 bits per heavy atom. The van der Waals surface area contributed by atoms with Gasteiger partial charge in [-0.25, -0.2) is 18.8 Å². The van der Waals surface area contributed by atoms with Crippen LogP contribution in [0.2, 0.25) is 0 Å². The van der Waals surface area contributed by atoms with E-state index in [2.05, 4.69) is 15.9 Å². The quantitative estimate of drug-likeness (QED) is 0.165. The molecule has 43 heavy (non-hydrogen) atoms. The fourth-order valence-corrected chi connectivity index (χ4v) is 5.98. The number of esters is 3. The number of carbonyl (C=O) groups excluding carboxylic acids is 3. The van der Waals surface area contributed by atoms with Gasteiger partial charge in [0.1, 0.15) is 21.5 Å². The normalized spacial score (nSPS) is 11.6. The third kappa shape index (κ3) is 5.26. The molecule has 0 saturated heterocycles. The average molecular weight is 657 g/mol. The third-order valence-electron chi connectivity index (χ3n) is 7.99. The van der Waals surface area contributed by atoms with Crippen molar-refractivity contribution in [3.8, 4) is 23.0 Å². The summed E-state index contributed by atoms with van der Waals surface area (Å²) in [4.78, 5) is 50.1. The molecule has 0 aromatic heterocycles. The first-order chi connectivity index (χ1) is 20.0. The van der Waals surface area contributed by atoms with E-state index in [1.807, 2.05) is 0 Å². The first-order valence-electron chi connectivity index (χ1n) is 13.4. The Balaban J connectivity index is 1.75. The Morgan fingerprint density at radius 2 is 1.28 bits per heavy atom. The minimum Gasteiger partial charge on any atom is -0.506 e. The number of carbonyl (C=O) groups is 4. The molecular formula is C32H30BrFO9. The summed E-state index contributed by atoms with van der Waals surface area (Å²) in [6, 6.07) is 0. The second kappa shape index (κ2) is 11.4. The van der Waals surface area contributed by atoms with Crippen LogP contribution in [0.15, 0.2) is 4.47 Å². The van der Waals surface area contributed by atoms with E-state index in [9.17, 15) is 29.4 Å². The molecule has 0 bridgehead atoms. The molecule has 1 aliphatic rings. The molecule has 0 saturated carbocycles. The number of ether oxygens (including phenoxy) is 3. The fourth-order valence-electron chi connectivity index (χ4n) is 5.40. The lowest BCUT2D eigenvalue weighted by atomic mass is 9.94. The number of hydrogen-bond acceptors (Lipinski definition) is 8. The van der Waals surface area contributed by atoms with Crippen LogP contribution in [0.3, 0.4) is 0 Å². The smallest absolute Gasteiger partial charge is 0.347 e. The van der Waals surface area contributed by atoms with Crippen molar-refractivity contribution in [2.75, 3.05) is 0 Å². The molecule has 9 nitrogen and oxygen atoms in total. The number of hydrogen-bond donors (Lipinski definition) is 2. The van der Waals surface area contributed by atoms with Crippen molar-refractivity contribution in [1.82, 2.24) is 0 Å². The van der Waals surface area contributed by atoms with E-state index >= 15 is 4.39 Å². The molecule has 4 rings (SSSR count). The van der Waals surface area contributed by atoms with Crippen molar-refractivity contribution in [2.24, 2.45) is 0 Å². The number of fused-ring (bicyclic) bond motifs is 1. The Hall–Kier alpha value is -4.25. The molecule has 3 aromatic carbocycles. The summed E-state index contributed by atoms with van der Waals surface area (Å²) in [5.41, 5.74) is 3.28. The van der Waals surface area contributed by atoms with E-state index in [-0.39, 0.29) is 61.5 Å². The number of aromatic carboxylic acids is 1. The maximum atomic E-state index is 15.9. The van der Waals surface area contributed by atoms with E-state index in [0.29, 0.717) is 39.8 Å². The molecule has 0 unspecified atom stereocenters. The van der Waals surface area contributed by atoms with Crippen LogP contribution in [0, 0.1) is 47.4 Å². The van der Waals surface area contributed by atoms with Crippen molar-refractivity contribution in [3.05, 3.63) is 77.1 Å². The minimum absolute atomic E-state index is 0.0359. The van der Waals surface area contributed by atoms with Crippen molar-refractivity contribution in [1.29, 1.82) is 0 Å². The van der Waals surface area contributed by atoms with E-state index in [0.717, 1.165) is 0 Å². The van der Waals surface area contributed by atoms with Crippen LogP contribution in [0.25, 0.3) is 0 Å². The van der Waals surface area contributed by atoms with Crippen molar-refractivity contribution < 1.29 is 48.0 Å². The number of halogens is 2. The maximum Gasteiger partial charge on any atom is 0.347 e. The molecule has 0 aliphatic heterocycles. The minimum atomic E-state index is -1.05. The molecular weight excluding hydrogens is 627 g/mol. The van der Waals surface area contributed by atoms with Gasteiger partial charge in [0.2, 0.25) is 0 Å². The third-order valence-corrected chi connectivity index (χ3v) is 8.72. The van der Waals surface area contributed by atoms with Gasteiger partial charge in [-0.2, -0.15) is 0 Å². The first kappa shape index (κ1) is 31.7. The molecule has 11 heteroatoms. The molecule has 0 radical (unpaired) electrons. The lowest BCUT2D eigenvalue weighted by Gasteiger charge is -2.20. The van der Waals surface area contributed by atoms with E-state index in [1.165, 1.54) is 20.8 Å². The van der Waals surface area contributed by atoms with Gasteiger partial charge in [-0.3, -0.25) is 4.79 Å². The summed E-state index contributed by atoms with van der Waals surface area (Å²) in [5.74, 6) is -5.13. The van der Waals surface area contributed by atoms with E-state index < -0.39 is 35.4 Å². The van der Waals surface area contributed by atoms with Crippen molar-refractivity contribution in [3.63, 3.8) is 0 Å². The highest BCUT2D eigenvalue weighted by molar-refractivity contribution is 9.10. The zero-order chi connectivity index (χ0) is 32.2. The van der Waals surface area contributed by atoms with Crippen LogP contribution >= 0.6 is 15.9 Å². The van der Waals surface area contributed by atoms with Gasteiger partial charge in [-0.05, 0) is 97.3 Å². The van der Waals surface area contributed by atoms with Crippen LogP contribution in [0.5, 0.6) is 23.0 Å². The Bertz CT molecular complexity index is 1760. The Morgan fingerprint density at radius 1 is 0.744 bits per heavy atom. The molecule has 0 atom stereocenters. The summed E-state index contributed by atoms with van der Waals surface area (Å²) in [5, 5.41) is 20.4. The molecule has 2 N–H and O–H groups in total. The number of carboxylic acids is 1. The van der Waals surface area contributed by atoms with Crippen LogP contribution < -0.4 is 14.2 Å². The van der Waals surface area contributed by atoms with Crippen LogP contribution in [-0.4, -0.2) is 34.1 Å². The predicted octanol–water partition coefficient (Wildman–Crippen LogP) is 6.67. The van der Waals surface area contributed by atoms with Gasteiger partial charge in [-0.1, -0.05) is 6.92 Å². The van der Waals surface area contributed by atoms with Gasteiger partial charge in [0.05, 0.1) is 11.1 Å². The number of rotatable bonds is 7. The lowest BCUT2D eigenvalue weighted by Crippen LogP contribution is -2.19. The van der Waals surface area contributed by atoms with Gasteiger partial charge in [0, 0.05) is 30.0 Å². The number of benzene rings is 3. The van der Waals surface area contributed by atoms with Gasteiger partial charge < -0.3 is 24.4 Å². The number of phenolic OH excluding ortho intramolecular Hbond substituents is 1. The van der Waals surface area contributed by atoms with Crippen LogP contribution in [-0.2, 0) is 17.6 Å². The number of aromatic hydroxyl groups is 1. The fraction of sp³-hybridized carbons (Fsp3) is 0.312. The second-order valence-electron chi connectivity index (χ2n) is 10.5. The molecule has 0 spiro atoms. The zero-order valence-electron chi connectivity index (χ0n) is 24.9. The monoisotopic (exact) mass is 656 g/mol. The highest BCUT2D eigenvalue weighted by Gasteiger charge is 2.36. The standard InChI is InChI=1S/C32H30BrFO9/c1-9-18-15(6)21(31(39)42-27-13(4)11(2)22(30(37)38)19-10-20(19)27)16(7)25(34)29(18)43-32(40)23-12(3)14(5)28(41-17(8)35)24(33)26(23)36/h36H,9-10H2,1-8H3,(H,37,38). The predicted molar refractivity (Wildman–Crippen MR) is 157 cm³/mol. The summed E-state index contributed by atoms with van der Waals surface area (Å²) >= 11 is 3.16. The lowest BCUT2D eigenvalue weighted by molar-refractivity contribution is -0.132. The molecule has 0 heterocycles. The van der Waals surface area contributed by atoms with E-state index in [4.69, 9.17) is 14.2 Å². The van der Waals surface area contributed by atoms with Gasteiger partial charge >= 0.3 is 23.9 Å². The second-order valence-corrected chi connectivity index (χ2v) is 11.3. The highest BCUT2D eigenvalue weighted by Crippen LogP contribution is 2.46. The number of carboxylic acid groups (broad SMARTS) is 1. The Kier molecular flexibility index (Phi) is 8.43. The SMILES string of the molecule is CCc1c(C)c(C(=O)Oc2c(C)c(C)c(C(=O)O)c3c2C3)c(C)c(F)c1OC(=O)c1c(C)c(C)c(OC(C)=O)c(Br)c1O. The number of phenols is 1. The summed E-state index contributed by atoms with van der Waals surface area (Å²) in [6.45, 7) is 12.3. The van der Waals surface area contributed by atoms with Gasteiger partial charge in [0.15, 0.2) is 17.3 Å². The Labute approximate surface area is 255 Å². The average Bonchev–Trinajstić information content (AvgIpc) is 3.71. The highest BCUT2D eigenvalue weighted by atomic mass is 79.9.